The molecule has 3 heterocycles. The Balaban J connectivity index is 1.45. The summed E-state index contributed by atoms with van der Waals surface area (Å²) in [7, 11) is 3.29. The van der Waals surface area contributed by atoms with Gasteiger partial charge in [0, 0.05) is 16.5 Å². The number of aromatic nitrogens is 3. The van der Waals surface area contributed by atoms with Gasteiger partial charge in [0.25, 0.3) is 5.56 Å². The first-order chi connectivity index (χ1) is 16.2. The molecule has 5 rings (SSSR count). The molecule has 2 N–H and O–H groups in total. The van der Waals surface area contributed by atoms with E-state index in [1.54, 1.807) is 20.4 Å². The number of morpholine rings is 1. The predicted molar refractivity (Wildman–Crippen MR) is 126 cm³/mol. The van der Waals surface area contributed by atoms with Crippen LogP contribution in [-0.4, -0.2) is 61.4 Å². The average Bonchev–Trinajstić information content (AvgIpc) is 3.23. The number of H-pyrrole nitrogens is 1. The van der Waals surface area contributed by atoms with Crippen LogP contribution in [-0.2, 0) is 11.3 Å². The van der Waals surface area contributed by atoms with Crippen molar-refractivity contribution >= 4 is 28.2 Å². The van der Waals surface area contributed by atoms with E-state index in [2.05, 4.69) is 21.1 Å². The number of hydrogen-bond acceptors (Lipinski definition) is 6. The van der Waals surface area contributed by atoms with E-state index in [1.807, 2.05) is 30.3 Å². The molecule has 2 aromatic carbocycles. The lowest BCUT2D eigenvalue weighted by atomic mass is 10.1. The second kappa shape index (κ2) is 9.05. The van der Waals surface area contributed by atoms with Gasteiger partial charge in [0.2, 0.25) is 0 Å². The minimum absolute atomic E-state index is 0.266. The van der Waals surface area contributed by atoms with Crippen molar-refractivity contribution in [2.75, 3.05) is 40.5 Å². The Morgan fingerprint density at radius 2 is 2.03 bits per heavy atom. The highest BCUT2D eigenvalue weighted by atomic mass is 16.5. The smallest absolute Gasteiger partial charge is 0.298 e. The highest BCUT2D eigenvalue weighted by Gasteiger charge is 2.17. The maximum absolute atomic E-state index is 13.0. The van der Waals surface area contributed by atoms with E-state index < -0.39 is 0 Å². The average molecular weight is 449 g/mol. The van der Waals surface area contributed by atoms with Crippen LogP contribution in [0.1, 0.15) is 11.1 Å². The SMILES string of the molecule is COc1ccc2[nH]c3c(=O)n(/N=C\c4ccc(OC)c(C[NH+]5CCOCC5)c4)cnc3c2c1. The van der Waals surface area contributed by atoms with Crippen molar-refractivity contribution < 1.29 is 19.1 Å². The number of aromatic amines is 1. The fraction of sp³-hybridized carbons (Fsp3) is 0.292. The number of rotatable bonds is 6. The topological polar surface area (TPSA) is 95.2 Å². The number of ether oxygens (including phenoxy) is 3. The Labute approximate surface area is 190 Å². The quantitative estimate of drug-likeness (QED) is 0.432. The first kappa shape index (κ1) is 21.2. The van der Waals surface area contributed by atoms with Crippen LogP contribution in [0, 0.1) is 0 Å². The Morgan fingerprint density at radius 1 is 1.18 bits per heavy atom. The molecule has 0 aliphatic carbocycles. The van der Waals surface area contributed by atoms with Gasteiger partial charge in [-0.2, -0.15) is 9.78 Å². The van der Waals surface area contributed by atoms with E-state index in [9.17, 15) is 4.79 Å². The van der Waals surface area contributed by atoms with E-state index in [1.165, 1.54) is 15.9 Å². The Hall–Kier alpha value is -3.69. The van der Waals surface area contributed by atoms with Crippen LogP contribution >= 0.6 is 0 Å². The Morgan fingerprint density at radius 3 is 2.82 bits per heavy atom. The predicted octanol–water partition coefficient (Wildman–Crippen LogP) is 1.19. The number of fused-ring (bicyclic) bond motifs is 3. The molecule has 1 aliphatic rings. The van der Waals surface area contributed by atoms with Gasteiger partial charge in [0.15, 0.2) is 0 Å². The Kier molecular flexibility index (Phi) is 5.80. The standard InChI is InChI=1S/C24H25N5O4/c1-31-18-4-5-20-19(12-18)22-23(27-20)24(30)29(15-25-22)26-13-16-3-6-21(32-2)17(11-16)14-28-7-9-33-10-8-28/h3-6,11-13,15,27H,7-10,14H2,1-2H3/p+1/b26-13-. The normalized spacial score (nSPS) is 15.0. The second-order valence-corrected chi connectivity index (χ2v) is 8.01. The molecule has 170 valence electrons. The van der Waals surface area contributed by atoms with Crippen LogP contribution in [0.2, 0.25) is 0 Å². The molecule has 1 fully saturated rings. The van der Waals surface area contributed by atoms with Crippen molar-refractivity contribution in [2.45, 2.75) is 6.54 Å². The second-order valence-electron chi connectivity index (χ2n) is 8.01. The molecule has 0 bridgehead atoms. The summed E-state index contributed by atoms with van der Waals surface area (Å²) in [5, 5.41) is 5.21. The lowest BCUT2D eigenvalue weighted by molar-refractivity contribution is -0.921. The molecule has 33 heavy (non-hydrogen) atoms. The fourth-order valence-corrected chi connectivity index (χ4v) is 4.19. The zero-order valence-corrected chi connectivity index (χ0v) is 18.6. The summed E-state index contributed by atoms with van der Waals surface area (Å²) in [6, 6.07) is 11.5. The highest BCUT2D eigenvalue weighted by molar-refractivity contribution is 6.04. The summed E-state index contributed by atoms with van der Waals surface area (Å²) < 4.78 is 17.5. The summed E-state index contributed by atoms with van der Waals surface area (Å²) in [5.74, 6) is 1.56. The number of hydrogen-bond donors (Lipinski definition) is 2. The number of benzene rings is 2. The fourth-order valence-electron chi connectivity index (χ4n) is 4.19. The molecule has 1 saturated heterocycles. The zero-order chi connectivity index (χ0) is 22.8. The number of nitrogens with zero attached hydrogens (tertiary/aromatic N) is 3. The van der Waals surface area contributed by atoms with Crippen LogP contribution in [0.5, 0.6) is 11.5 Å². The minimum Gasteiger partial charge on any atom is -0.497 e. The third-order valence-electron chi connectivity index (χ3n) is 5.97. The van der Waals surface area contributed by atoms with Crippen LogP contribution in [0.15, 0.2) is 52.6 Å². The van der Waals surface area contributed by atoms with Crippen molar-refractivity contribution in [3.05, 3.63) is 64.2 Å². The molecule has 9 heteroatoms. The van der Waals surface area contributed by atoms with Crippen molar-refractivity contribution in [3.63, 3.8) is 0 Å². The summed E-state index contributed by atoms with van der Waals surface area (Å²) in [6.07, 6.45) is 3.11. The molecular weight excluding hydrogens is 422 g/mol. The zero-order valence-electron chi connectivity index (χ0n) is 18.6. The van der Waals surface area contributed by atoms with E-state index in [-0.39, 0.29) is 5.56 Å². The van der Waals surface area contributed by atoms with E-state index in [0.29, 0.717) is 16.8 Å². The van der Waals surface area contributed by atoms with Crippen molar-refractivity contribution in [1.82, 2.24) is 14.6 Å². The number of nitrogens with one attached hydrogen (secondary N) is 2. The summed E-state index contributed by atoms with van der Waals surface area (Å²) in [6.45, 7) is 4.34. The molecule has 0 unspecified atom stereocenters. The summed E-state index contributed by atoms with van der Waals surface area (Å²) in [4.78, 5) is 22.1. The third kappa shape index (κ3) is 4.20. The molecule has 0 radical (unpaired) electrons. The first-order valence-electron chi connectivity index (χ1n) is 10.9. The maximum atomic E-state index is 13.0. The molecule has 0 saturated carbocycles. The van der Waals surface area contributed by atoms with Gasteiger partial charge >= 0.3 is 0 Å². The molecule has 9 nitrogen and oxygen atoms in total. The monoisotopic (exact) mass is 448 g/mol. The molecule has 0 amide bonds. The van der Waals surface area contributed by atoms with E-state index in [0.717, 1.165) is 60.6 Å². The molecule has 1 aliphatic heterocycles. The van der Waals surface area contributed by atoms with Gasteiger partial charge in [-0.1, -0.05) is 0 Å². The molecular formula is C24H26N5O4+. The largest absolute Gasteiger partial charge is 0.497 e. The molecule has 4 aromatic rings. The highest BCUT2D eigenvalue weighted by Crippen LogP contribution is 2.25. The lowest BCUT2D eigenvalue weighted by Gasteiger charge is -2.24. The van der Waals surface area contributed by atoms with E-state index in [4.69, 9.17) is 14.2 Å². The number of methoxy groups -OCH3 is 2. The van der Waals surface area contributed by atoms with Crippen LogP contribution < -0.4 is 19.9 Å². The molecule has 0 spiro atoms. The lowest BCUT2D eigenvalue weighted by Crippen LogP contribution is -3.12. The van der Waals surface area contributed by atoms with Gasteiger partial charge in [-0.3, -0.25) is 4.79 Å². The van der Waals surface area contributed by atoms with Gasteiger partial charge < -0.3 is 24.1 Å². The van der Waals surface area contributed by atoms with Crippen LogP contribution in [0.25, 0.3) is 21.9 Å². The summed E-state index contributed by atoms with van der Waals surface area (Å²) >= 11 is 0. The van der Waals surface area contributed by atoms with Crippen molar-refractivity contribution in [3.8, 4) is 11.5 Å². The van der Waals surface area contributed by atoms with Crippen molar-refractivity contribution in [1.29, 1.82) is 0 Å². The van der Waals surface area contributed by atoms with E-state index >= 15 is 0 Å². The third-order valence-corrected chi connectivity index (χ3v) is 5.97. The maximum Gasteiger partial charge on any atom is 0.298 e. The molecule has 2 aromatic heterocycles. The molecule has 0 atom stereocenters. The summed E-state index contributed by atoms with van der Waals surface area (Å²) in [5.41, 5.74) is 3.54. The Bertz CT molecular complexity index is 1390. The van der Waals surface area contributed by atoms with Crippen LogP contribution in [0.3, 0.4) is 0 Å². The van der Waals surface area contributed by atoms with Crippen molar-refractivity contribution in [2.24, 2.45) is 5.10 Å². The van der Waals surface area contributed by atoms with Gasteiger partial charge in [-0.05, 0) is 42.0 Å². The minimum atomic E-state index is -0.266. The number of quaternary nitrogens is 1. The first-order valence-corrected chi connectivity index (χ1v) is 10.9. The van der Waals surface area contributed by atoms with Gasteiger partial charge in [0.05, 0.1) is 33.6 Å². The van der Waals surface area contributed by atoms with Gasteiger partial charge in [-0.15, -0.1) is 0 Å². The van der Waals surface area contributed by atoms with Gasteiger partial charge in [0.1, 0.15) is 48.5 Å². The van der Waals surface area contributed by atoms with Crippen LogP contribution in [0.4, 0.5) is 0 Å². The van der Waals surface area contributed by atoms with Gasteiger partial charge in [-0.25, -0.2) is 4.98 Å².